The fourth-order valence-corrected chi connectivity index (χ4v) is 5.14. The van der Waals surface area contributed by atoms with E-state index >= 15 is 0 Å². The van der Waals surface area contributed by atoms with Gasteiger partial charge in [-0.25, -0.2) is 0 Å². The molecule has 0 aliphatic rings. The molecule has 0 fully saturated rings. The topological polar surface area (TPSA) is 118 Å². The monoisotopic (exact) mass is 628 g/mol. The number of nitrogens with zero attached hydrogens (tertiary/aromatic N) is 8. The second kappa shape index (κ2) is 15.0. The molecule has 0 N–H and O–H groups in total. The largest absolute Gasteiger partial charge is 0.441 e. The van der Waals surface area contributed by atoms with E-state index in [1.165, 1.54) is 39.5 Å². The smallest absolute Gasteiger partial charge is 0.290 e. The van der Waals surface area contributed by atoms with Gasteiger partial charge in [-0.1, -0.05) is 34.4 Å². The molecule has 0 aromatic carbocycles. The first-order valence-electron chi connectivity index (χ1n) is 11.4. The molecular formula is C23H23F3N8O2S4. The Labute approximate surface area is 245 Å². The first kappa shape index (κ1) is 31.4. The maximum atomic E-state index is 12.0. The summed E-state index contributed by atoms with van der Waals surface area (Å²) in [4.78, 5) is 34.3. The van der Waals surface area contributed by atoms with Gasteiger partial charge < -0.3 is 0 Å². The molecule has 4 rings (SSSR count). The number of thioether (sulfide) groups is 1. The van der Waals surface area contributed by atoms with Crippen molar-refractivity contribution in [3.05, 3.63) is 49.1 Å². The average molecular weight is 629 g/mol. The van der Waals surface area contributed by atoms with Crippen molar-refractivity contribution in [1.29, 1.82) is 0 Å². The van der Waals surface area contributed by atoms with Gasteiger partial charge in [-0.15, -0.1) is 20.4 Å². The van der Waals surface area contributed by atoms with Gasteiger partial charge in [-0.2, -0.15) is 25.8 Å². The van der Waals surface area contributed by atoms with Crippen LogP contribution in [0, 0.1) is 0 Å². The fraction of sp³-hybridized carbons (Fsp3) is 0.304. The van der Waals surface area contributed by atoms with Crippen LogP contribution >= 0.6 is 47.1 Å². The van der Waals surface area contributed by atoms with E-state index in [9.17, 15) is 22.8 Å². The minimum atomic E-state index is -4.32. The molecule has 0 spiro atoms. The summed E-state index contributed by atoms with van der Waals surface area (Å²) in [6.45, 7) is 0. The zero-order valence-electron chi connectivity index (χ0n) is 21.1. The van der Waals surface area contributed by atoms with Crippen LogP contribution in [0.3, 0.4) is 0 Å². The number of carbonyl (C=O) groups excluding carboxylic acids is 2. The highest BCUT2D eigenvalue weighted by Gasteiger charge is 2.28. The van der Waals surface area contributed by atoms with Gasteiger partial charge in [0.15, 0.2) is 10.0 Å². The molecule has 0 aliphatic carbocycles. The Morgan fingerprint density at radius 3 is 1.73 bits per heavy atom. The molecule has 40 heavy (non-hydrogen) atoms. The van der Waals surface area contributed by atoms with Crippen LogP contribution in [0.25, 0.3) is 21.1 Å². The summed E-state index contributed by atoms with van der Waals surface area (Å²) >= 11 is 6.37. The normalized spacial score (nSPS) is 10.9. The molecule has 17 heteroatoms. The molecule has 10 nitrogen and oxygen atoms in total. The van der Waals surface area contributed by atoms with E-state index in [0.29, 0.717) is 27.4 Å². The molecule has 0 unspecified atom stereocenters. The Morgan fingerprint density at radius 2 is 1.32 bits per heavy atom. The van der Waals surface area contributed by atoms with Gasteiger partial charge in [0, 0.05) is 68.6 Å². The van der Waals surface area contributed by atoms with E-state index in [1.807, 2.05) is 12.1 Å². The van der Waals surface area contributed by atoms with Gasteiger partial charge in [0.25, 0.3) is 0 Å². The Hall–Kier alpha value is -3.15. The number of aromatic nitrogens is 6. The Bertz CT molecular complexity index is 1370. The first-order chi connectivity index (χ1) is 19.1. The van der Waals surface area contributed by atoms with Crippen molar-refractivity contribution < 1.29 is 22.8 Å². The first-order valence-corrected chi connectivity index (χ1v) is 14.7. The lowest BCUT2D eigenvalue weighted by molar-refractivity contribution is -0.118. The van der Waals surface area contributed by atoms with Gasteiger partial charge in [-0.05, 0) is 30.0 Å². The zero-order chi connectivity index (χ0) is 29.1. The van der Waals surface area contributed by atoms with E-state index in [2.05, 4.69) is 43.0 Å². The molecule has 212 valence electrons. The summed E-state index contributed by atoms with van der Waals surface area (Å²) in [5.41, 5.74) is -2.66. The van der Waals surface area contributed by atoms with Crippen molar-refractivity contribution in [1.82, 2.24) is 30.4 Å². The third kappa shape index (κ3) is 9.50. The molecule has 4 aromatic heterocycles. The minimum absolute atomic E-state index is 0.0149. The number of halogens is 3. The van der Waals surface area contributed by atoms with Crippen molar-refractivity contribution >= 4 is 69.1 Å². The number of hydrogen-bond acceptors (Lipinski definition) is 12. The Balaban J connectivity index is 0.000000225. The summed E-state index contributed by atoms with van der Waals surface area (Å²) in [5.74, 6) is -0.247. The maximum Gasteiger partial charge on any atom is 0.441 e. The average Bonchev–Trinajstić information content (AvgIpc) is 3.64. The molecule has 0 bridgehead atoms. The molecule has 0 aliphatic heterocycles. The number of carbonyl (C=O) groups is 2. The second-order valence-corrected chi connectivity index (χ2v) is 11.2. The molecule has 0 saturated heterocycles. The van der Waals surface area contributed by atoms with Crippen molar-refractivity contribution in [2.75, 3.05) is 35.4 Å². The summed E-state index contributed by atoms with van der Waals surface area (Å²) in [7, 11) is 3.16. The number of alkyl halides is 3. The van der Waals surface area contributed by atoms with Crippen LogP contribution in [0.15, 0.2) is 49.1 Å². The second-order valence-electron chi connectivity index (χ2n) is 7.69. The zero-order valence-corrected chi connectivity index (χ0v) is 24.5. The highest BCUT2D eigenvalue weighted by molar-refractivity contribution is 8.00. The van der Waals surface area contributed by atoms with Crippen molar-refractivity contribution in [3.8, 4) is 21.1 Å². The van der Waals surface area contributed by atoms with Gasteiger partial charge in [-0.3, -0.25) is 29.4 Å². The number of thiol groups is 1. The summed E-state index contributed by atoms with van der Waals surface area (Å²) < 4.78 is 36.1. The van der Waals surface area contributed by atoms with Crippen molar-refractivity contribution in [2.24, 2.45) is 0 Å². The SMILES string of the molecule is CN(C(=O)CCS)c1nnc(-c2cccnc2)s1.CN(C(=O)CCSC(F)(F)F)c1nnc(-c2cccnc2)s1. The van der Waals surface area contributed by atoms with Gasteiger partial charge in [0.05, 0.1) is 0 Å². The van der Waals surface area contributed by atoms with Crippen LogP contribution in [0.2, 0.25) is 0 Å². The van der Waals surface area contributed by atoms with Crippen molar-refractivity contribution in [3.63, 3.8) is 0 Å². The predicted octanol–water partition coefficient (Wildman–Crippen LogP) is 5.09. The van der Waals surface area contributed by atoms with E-state index in [4.69, 9.17) is 0 Å². The van der Waals surface area contributed by atoms with Crippen LogP contribution < -0.4 is 9.80 Å². The van der Waals surface area contributed by atoms with Gasteiger partial charge in [0.2, 0.25) is 22.1 Å². The summed E-state index contributed by atoms with van der Waals surface area (Å²) in [5, 5.41) is 18.2. The lowest BCUT2D eigenvalue weighted by atomic mass is 10.3. The minimum Gasteiger partial charge on any atom is -0.290 e. The van der Waals surface area contributed by atoms with Crippen LogP contribution in [-0.4, -0.2) is 73.3 Å². The number of anilines is 2. The van der Waals surface area contributed by atoms with Crippen LogP contribution in [-0.2, 0) is 9.59 Å². The number of rotatable bonds is 9. The van der Waals surface area contributed by atoms with E-state index in [1.54, 1.807) is 44.0 Å². The Kier molecular flexibility index (Phi) is 11.8. The van der Waals surface area contributed by atoms with E-state index in [-0.39, 0.29) is 29.8 Å². The lowest BCUT2D eigenvalue weighted by Crippen LogP contribution is -2.26. The third-order valence-corrected chi connectivity index (χ3v) is 7.93. The van der Waals surface area contributed by atoms with Gasteiger partial charge >= 0.3 is 5.51 Å². The molecule has 0 atom stereocenters. The standard InChI is InChI=1S/C12H11F3N4OS2.C11H12N4OS2/c1-19(9(20)4-6-21-12(13,14)15)11-18-17-10(22-11)8-3-2-5-16-7-8;1-15(9(16)4-6-17)11-14-13-10(18-11)8-3-2-5-12-7-8/h2-3,5,7H,4,6H2,1H3;2-3,5,7,17H,4,6H2,1H3. The van der Waals surface area contributed by atoms with Gasteiger partial charge in [0.1, 0.15) is 0 Å². The third-order valence-electron chi connectivity index (χ3n) is 4.88. The van der Waals surface area contributed by atoms with E-state index < -0.39 is 11.4 Å². The highest BCUT2D eigenvalue weighted by Crippen LogP contribution is 2.32. The predicted molar refractivity (Wildman–Crippen MR) is 155 cm³/mol. The van der Waals surface area contributed by atoms with Crippen LogP contribution in [0.1, 0.15) is 12.8 Å². The molecule has 4 aromatic rings. The van der Waals surface area contributed by atoms with E-state index in [0.717, 1.165) is 16.1 Å². The fourth-order valence-electron chi connectivity index (χ4n) is 2.81. The molecule has 0 saturated carbocycles. The summed E-state index contributed by atoms with van der Waals surface area (Å²) in [6, 6.07) is 7.30. The molecular weight excluding hydrogens is 606 g/mol. The van der Waals surface area contributed by atoms with Crippen LogP contribution in [0.5, 0.6) is 0 Å². The molecule has 0 radical (unpaired) electrons. The quantitative estimate of drug-likeness (QED) is 0.253. The molecule has 2 amide bonds. The molecule has 4 heterocycles. The number of pyridine rings is 2. The Morgan fingerprint density at radius 1 is 0.850 bits per heavy atom. The lowest BCUT2D eigenvalue weighted by Gasteiger charge is -2.13. The highest BCUT2D eigenvalue weighted by atomic mass is 32.2. The van der Waals surface area contributed by atoms with Crippen molar-refractivity contribution in [2.45, 2.75) is 18.3 Å². The summed E-state index contributed by atoms with van der Waals surface area (Å²) in [6.07, 6.45) is 6.84. The number of amides is 2. The van der Waals surface area contributed by atoms with Crippen LogP contribution in [0.4, 0.5) is 23.4 Å². The maximum absolute atomic E-state index is 12.0. The number of hydrogen-bond donors (Lipinski definition) is 1.